The SMILES string of the molecule is CCCC[N+](C)(CCCl)CCCC.[I-]. The van der Waals surface area contributed by atoms with E-state index in [1.54, 1.807) is 0 Å². The van der Waals surface area contributed by atoms with E-state index in [2.05, 4.69) is 20.9 Å². The summed E-state index contributed by atoms with van der Waals surface area (Å²) in [5.41, 5.74) is 0. The Labute approximate surface area is 112 Å². The fraction of sp³-hybridized carbons (Fsp3) is 1.00. The van der Waals surface area contributed by atoms with Crippen LogP contribution in [0.3, 0.4) is 0 Å². The van der Waals surface area contributed by atoms with E-state index in [1.165, 1.54) is 43.3 Å². The molecule has 88 valence electrons. The van der Waals surface area contributed by atoms with Gasteiger partial charge < -0.3 is 28.5 Å². The van der Waals surface area contributed by atoms with Crippen molar-refractivity contribution in [3.63, 3.8) is 0 Å². The Morgan fingerprint density at radius 2 is 1.36 bits per heavy atom. The van der Waals surface area contributed by atoms with Crippen LogP contribution in [0, 0.1) is 0 Å². The number of hydrogen-bond donors (Lipinski definition) is 0. The summed E-state index contributed by atoms with van der Waals surface area (Å²) >= 11 is 5.83. The molecule has 0 aromatic rings. The first-order chi connectivity index (χ1) is 6.18. The minimum Gasteiger partial charge on any atom is -1.00 e. The summed E-state index contributed by atoms with van der Waals surface area (Å²) in [7, 11) is 2.34. The van der Waals surface area contributed by atoms with Crippen molar-refractivity contribution in [1.29, 1.82) is 0 Å². The predicted octanol–water partition coefficient (Wildman–Crippen LogP) is 0.276. The van der Waals surface area contributed by atoms with Gasteiger partial charge in [0.15, 0.2) is 0 Å². The molecular formula is C11H25ClIN. The van der Waals surface area contributed by atoms with Crippen LogP contribution in [0.4, 0.5) is 0 Å². The van der Waals surface area contributed by atoms with Crippen molar-refractivity contribution in [3.8, 4) is 0 Å². The number of rotatable bonds is 8. The van der Waals surface area contributed by atoms with E-state index in [0.717, 1.165) is 12.4 Å². The highest BCUT2D eigenvalue weighted by molar-refractivity contribution is 6.17. The second-order valence-electron chi connectivity index (χ2n) is 4.19. The third-order valence-electron chi connectivity index (χ3n) is 2.73. The molecule has 0 rings (SSSR count). The number of halogens is 2. The minimum atomic E-state index is 0. The van der Waals surface area contributed by atoms with Gasteiger partial charge in [-0.15, -0.1) is 11.6 Å². The first kappa shape index (κ1) is 17.4. The van der Waals surface area contributed by atoms with E-state index >= 15 is 0 Å². The van der Waals surface area contributed by atoms with Gasteiger partial charge in [0.2, 0.25) is 0 Å². The van der Waals surface area contributed by atoms with Crippen LogP contribution in [-0.4, -0.2) is 37.0 Å². The molecule has 0 atom stereocenters. The highest BCUT2D eigenvalue weighted by atomic mass is 127. The zero-order chi connectivity index (χ0) is 10.2. The third kappa shape index (κ3) is 8.30. The Bertz CT molecular complexity index is 112. The molecule has 1 nitrogen and oxygen atoms in total. The van der Waals surface area contributed by atoms with Gasteiger partial charge >= 0.3 is 0 Å². The van der Waals surface area contributed by atoms with Gasteiger partial charge in [-0.3, -0.25) is 0 Å². The molecule has 14 heavy (non-hydrogen) atoms. The highest BCUT2D eigenvalue weighted by Gasteiger charge is 2.18. The van der Waals surface area contributed by atoms with Crippen molar-refractivity contribution in [1.82, 2.24) is 0 Å². The molecular weight excluding hydrogens is 308 g/mol. The van der Waals surface area contributed by atoms with Gasteiger partial charge in [0.25, 0.3) is 0 Å². The van der Waals surface area contributed by atoms with Gasteiger partial charge in [-0.05, 0) is 12.8 Å². The van der Waals surface area contributed by atoms with Crippen molar-refractivity contribution in [2.75, 3.05) is 32.6 Å². The topological polar surface area (TPSA) is 0 Å². The molecule has 0 aliphatic heterocycles. The summed E-state index contributed by atoms with van der Waals surface area (Å²) in [6, 6.07) is 0. The lowest BCUT2D eigenvalue weighted by atomic mass is 10.2. The summed E-state index contributed by atoms with van der Waals surface area (Å²) in [5, 5.41) is 0. The second kappa shape index (κ2) is 10.5. The predicted molar refractivity (Wildman–Crippen MR) is 61.3 cm³/mol. The Kier molecular flexibility index (Phi) is 13.0. The molecule has 0 unspecified atom stereocenters. The fourth-order valence-corrected chi connectivity index (χ4v) is 2.03. The molecule has 0 spiro atoms. The molecule has 0 aliphatic carbocycles. The number of alkyl halides is 1. The average molecular weight is 334 g/mol. The van der Waals surface area contributed by atoms with Crippen LogP contribution in [0.2, 0.25) is 0 Å². The van der Waals surface area contributed by atoms with E-state index in [4.69, 9.17) is 11.6 Å². The zero-order valence-electron chi connectivity index (χ0n) is 9.86. The summed E-state index contributed by atoms with van der Waals surface area (Å²) in [5.74, 6) is 0.796. The van der Waals surface area contributed by atoms with Crippen LogP contribution in [0.1, 0.15) is 39.5 Å². The Balaban J connectivity index is 0. The molecule has 0 fully saturated rings. The Morgan fingerprint density at radius 3 is 1.64 bits per heavy atom. The molecule has 0 saturated heterocycles. The summed E-state index contributed by atoms with van der Waals surface area (Å²) in [4.78, 5) is 0. The second-order valence-corrected chi connectivity index (χ2v) is 4.56. The molecule has 0 heterocycles. The number of unbranched alkanes of at least 4 members (excludes halogenated alkanes) is 2. The first-order valence-corrected chi connectivity index (χ1v) is 6.11. The summed E-state index contributed by atoms with van der Waals surface area (Å²) < 4.78 is 1.17. The van der Waals surface area contributed by atoms with Gasteiger partial charge in [-0.2, -0.15) is 0 Å². The Hall–Kier alpha value is 0.980. The zero-order valence-corrected chi connectivity index (χ0v) is 12.8. The van der Waals surface area contributed by atoms with Crippen LogP contribution in [-0.2, 0) is 0 Å². The highest BCUT2D eigenvalue weighted by Crippen LogP contribution is 2.08. The van der Waals surface area contributed by atoms with E-state index in [9.17, 15) is 0 Å². The molecule has 0 bridgehead atoms. The largest absolute Gasteiger partial charge is 1.00 e. The van der Waals surface area contributed by atoms with Gasteiger partial charge in [0, 0.05) is 0 Å². The van der Waals surface area contributed by atoms with Gasteiger partial charge in [-0.1, -0.05) is 26.7 Å². The maximum absolute atomic E-state index is 5.83. The molecule has 0 saturated carbocycles. The fourth-order valence-electron chi connectivity index (χ4n) is 1.62. The number of hydrogen-bond acceptors (Lipinski definition) is 0. The van der Waals surface area contributed by atoms with E-state index in [-0.39, 0.29) is 24.0 Å². The van der Waals surface area contributed by atoms with Crippen molar-refractivity contribution >= 4 is 11.6 Å². The van der Waals surface area contributed by atoms with Crippen LogP contribution >= 0.6 is 11.6 Å². The van der Waals surface area contributed by atoms with Crippen molar-refractivity contribution in [2.24, 2.45) is 0 Å². The van der Waals surface area contributed by atoms with Crippen molar-refractivity contribution < 1.29 is 28.5 Å². The minimum absolute atomic E-state index is 0. The summed E-state index contributed by atoms with van der Waals surface area (Å²) in [6.07, 6.45) is 5.25. The third-order valence-corrected chi connectivity index (χ3v) is 2.90. The molecule has 0 aromatic carbocycles. The van der Waals surface area contributed by atoms with Crippen molar-refractivity contribution in [2.45, 2.75) is 39.5 Å². The molecule has 0 aliphatic rings. The standard InChI is InChI=1S/C11H25ClN.HI/c1-4-6-9-13(3,11-8-12)10-7-5-2;/h4-11H2,1-3H3;1H/q+1;/p-1. The molecule has 0 radical (unpaired) electrons. The lowest BCUT2D eigenvalue weighted by molar-refractivity contribution is -0.907. The first-order valence-electron chi connectivity index (χ1n) is 5.58. The van der Waals surface area contributed by atoms with Crippen LogP contribution in [0.25, 0.3) is 0 Å². The average Bonchev–Trinajstić information content (AvgIpc) is 2.12. The quantitative estimate of drug-likeness (QED) is 0.340. The molecule has 3 heteroatoms. The lowest BCUT2D eigenvalue weighted by Gasteiger charge is -2.34. The molecule has 0 amide bonds. The van der Waals surface area contributed by atoms with Crippen LogP contribution in [0.5, 0.6) is 0 Å². The number of quaternary nitrogens is 1. The number of nitrogens with zero attached hydrogens (tertiary/aromatic N) is 1. The summed E-state index contributed by atoms with van der Waals surface area (Å²) in [6.45, 7) is 8.23. The lowest BCUT2D eigenvalue weighted by Crippen LogP contribution is -3.00. The maximum Gasteiger partial charge on any atom is 0.0922 e. The van der Waals surface area contributed by atoms with Crippen LogP contribution < -0.4 is 24.0 Å². The van der Waals surface area contributed by atoms with Crippen LogP contribution in [0.15, 0.2) is 0 Å². The molecule has 0 N–H and O–H groups in total. The van der Waals surface area contributed by atoms with Gasteiger partial charge in [0.05, 0.1) is 32.6 Å². The van der Waals surface area contributed by atoms with Gasteiger partial charge in [0.1, 0.15) is 0 Å². The maximum atomic E-state index is 5.83. The normalized spacial score (nSPS) is 11.1. The Morgan fingerprint density at radius 1 is 0.929 bits per heavy atom. The smallest absolute Gasteiger partial charge is 0.0922 e. The van der Waals surface area contributed by atoms with E-state index < -0.39 is 0 Å². The monoisotopic (exact) mass is 333 g/mol. The molecule has 0 aromatic heterocycles. The van der Waals surface area contributed by atoms with E-state index in [0.29, 0.717) is 0 Å². The van der Waals surface area contributed by atoms with E-state index in [1.807, 2.05) is 0 Å². The van der Waals surface area contributed by atoms with Crippen molar-refractivity contribution in [3.05, 3.63) is 0 Å². The van der Waals surface area contributed by atoms with Gasteiger partial charge in [-0.25, -0.2) is 0 Å².